The molecule has 4 saturated carbocycles. The van der Waals surface area contributed by atoms with Crippen molar-refractivity contribution in [1.29, 1.82) is 0 Å². The third kappa shape index (κ3) is 2.70. The summed E-state index contributed by atoms with van der Waals surface area (Å²) in [5.41, 5.74) is -1.18. The van der Waals surface area contributed by atoms with Gasteiger partial charge in [0.2, 0.25) is 0 Å². The van der Waals surface area contributed by atoms with Gasteiger partial charge < -0.3 is 9.47 Å². The molecule has 0 aromatic heterocycles. The van der Waals surface area contributed by atoms with Crippen molar-refractivity contribution in [2.45, 2.75) is 84.8 Å². The van der Waals surface area contributed by atoms with Gasteiger partial charge in [-0.3, -0.25) is 9.59 Å². The fourth-order valence-electron chi connectivity index (χ4n) is 6.34. The molecule has 0 radical (unpaired) electrons. The fraction of sp³-hybridized carbons (Fsp3) is 0.909. The third-order valence-electron chi connectivity index (χ3n) is 8.57. The molecule has 26 heavy (non-hydrogen) atoms. The van der Waals surface area contributed by atoms with Crippen LogP contribution in [-0.4, -0.2) is 24.1 Å². The fourth-order valence-corrected chi connectivity index (χ4v) is 6.34. The Balaban J connectivity index is 1.42. The van der Waals surface area contributed by atoms with Gasteiger partial charge in [0.05, 0.1) is 0 Å². The first-order valence-corrected chi connectivity index (χ1v) is 10.8. The SMILES string of the molecule is CCC(C)(C(=O)OC1C2CCC(C2)C1C)C(=O)OC1C2CCC(C2)C1C. The van der Waals surface area contributed by atoms with E-state index < -0.39 is 5.41 Å². The zero-order chi connectivity index (χ0) is 18.6. The number of esters is 2. The normalized spacial score (nSPS) is 45.5. The number of carbonyl (C=O) groups is 2. The number of ether oxygens (including phenoxy) is 2. The highest BCUT2D eigenvalue weighted by Crippen LogP contribution is 2.51. The van der Waals surface area contributed by atoms with Crippen LogP contribution in [0.15, 0.2) is 0 Å². The molecule has 4 nitrogen and oxygen atoms in total. The smallest absolute Gasteiger partial charge is 0.323 e. The molecule has 4 fully saturated rings. The van der Waals surface area contributed by atoms with Crippen LogP contribution in [0, 0.1) is 40.9 Å². The van der Waals surface area contributed by atoms with E-state index >= 15 is 0 Å². The second-order valence-corrected chi connectivity index (χ2v) is 9.81. The summed E-state index contributed by atoms with van der Waals surface area (Å²) in [4.78, 5) is 26.0. The van der Waals surface area contributed by atoms with Crippen LogP contribution >= 0.6 is 0 Å². The minimum atomic E-state index is -1.18. The van der Waals surface area contributed by atoms with Gasteiger partial charge in [0.1, 0.15) is 12.2 Å². The number of carbonyl (C=O) groups excluding carboxylic acids is 2. The Morgan fingerprint density at radius 1 is 0.808 bits per heavy atom. The molecule has 0 aromatic carbocycles. The molecule has 8 unspecified atom stereocenters. The Kier molecular flexibility index (Phi) is 4.60. The summed E-state index contributed by atoms with van der Waals surface area (Å²) in [5, 5.41) is 0. The van der Waals surface area contributed by atoms with E-state index in [-0.39, 0.29) is 24.1 Å². The Bertz CT molecular complexity index is 535. The van der Waals surface area contributed by atoms with E-state index in [2.05, 4.69) is 13.8 Å². The Labute approximate surface area is 157 Å². The molecule has 0 spiro atoms. The van der Waals surface area contributed by atoms with Crippen LogP contribution in [0.25, 0.3) is 0 Å². The molecule has 0 amide bonds. The lowest BCUT2D eigenvalue weighted by molar-refractivity contribution is -0.183. The zero-order valence-electron chi connectivity index (χ0n) is 16.7. The number of hydrogen-bond donors (Lipinski definition) is 0. The summed E-state index contributed by atoms with van der Waals surface area (Å²) < 4.78 is 11.9. The quantitative estimate of drug-likeness (QED) is 0.539. The standard InChI is InChI=1S/C22H34O4/c1-5-22(4,20(23)25-18-12(2)14-6-8-16(18)10-14)21(24)26-19-13(3)15-7-9-17(19)11-15/h12-19H,5-11H2,1-4H3. The maximum absolute atomic E-state index is 13.0. The van der Waals surface area contributed by atoms with Gasteiger partial charge in [0.15, 0.2) is 5.41 Å². The summed E-state index contributed by atoms with van der Waals surface area (Å²) in [6.45, 7) is 7.99. The van der Waals surface area contributed by atoms with Crippen molar-refractivity contribution in [3.8, 4) is 0 Å². The van der Waals surface area contributed by atoms with Crippen molar-refractivity contribution in [3.63, 3.8) is 0 Å². The molecule has 8 atom stereocenters. The highest BCUT2D eigenvalue weighted by Gasteiger charge is 2.53. The van der Waals surface area contributed by atoms with E-state index in [1.165, 1.54) is 25.7 Å². The summed E-state index contributed by atoms with van der Waals surface area (Å²) in [6.07, 6.45) is 7.58. The molecule has 0 saturated heterocycles. The van der Waals surface area contributed by atoms with Crippen LogP contribution in [0.4, 0.5) is 0 Å². The van der Waals surface area contributed by atoms with E-state index in [0.29, 0.717) is 41.9 Å². The highest BCUT2D eigenvalue weighted by atomic mass is 16.6. The van der Waals surface area contributed by atoms with Crippen molar-refractivity contribution in [2.75, 3.05) is 0 Å². The van der Waals surface area contributed by atoms with Crippen molar-refractivity contribution in [3.05, 3.63) is 0 Å². The summed E-state index contributed by atoms with van der Waals surface area (Å²) in [6, 6.07) is 0. The number of fused-ring (bicyclic) bond motifs is 4. The lowest BCUT2D eigenvalue weighted by Crippen LogP contribution is -2.45. The van der Waals surface area contributed by atoms with E-state index in [0.717, 1.165) is 12.8 Å². The molecule has 0 N–H and O–H groups in total. The van der Waals surface area contributed by atoms with E-state index in [1.54, 1.807) is 6.92 Å². The predicted molar refractivity (Wildman–Crippen MR) is 98.1 cm³/mol. The molecule has 4 aliphatic rings. The molecular formula is C22H34O4. The van der Waals surface area contributed by atoms with E-state index in [4.69, 9.17) is 9.47 Å². The molecule has 146 valence electrons. The van der Waals surface area contributed by atoms with Crippen molar-refractivity contribution < 1.29 is 19.1 Å². The van der Waals surface area contributed by atoms with Gasteiger partial charge in [0, 0.05) is 0 Å². The van der Waals surface area contributed by atoms with Gasteiger partial charge in [-0.05, 0) is 87.4 Å². The zero-order valence-corrected chi connectivity index (χ0v) is 16.7. The van der Waals surface area contributed by atoms with Crippen LogP contribution < -0.4 is 0 Å². The Hall–Kier alpha value is -1.06. The van der Waals surface area contributed by atoms with Crippen LogP contribution in [0.2, 0.25) is 0 Å². The van der Waals surface area contributed by atoms with Crippen molar-refractivity contribution >= 4 is 11.9 Å². The lowest BCUT2D eigenvalue weighted by atomic mass is 9.84. The maximum Gasteiger partial charge on any atom is 0.323 e. The Morgan fingerprint density at radius 2 is 1.19 bits per heavy atom. The molecule has 4 aliphatic carbocycles. The first-order valence-electron chi connectivity index (χ1n) is 10.8. The van der Waals surface area contributed by atoms with Crippen molar-refractivity contribution in [2.24, 2.45) is 40.9 Å². The molecule has 4 heteroatoms. The summed E-state index contributed by atoms with van der Waals surface area (Å²) in [7, 11) is 0. The largest absolute Gasteiger partial charge is 0.461 e. The van der Waals surface area contributed by atoms with Gasteiger partial charge in [-0.15, -0.1) is 0 Å². The monoisotopic (exact) mass is 362 g/mol. The second kappa shape index (κ2) is 6.53. The van der Waals surface area contributed by atoms with Gasteiger partial charge in [-0.2, -0.15) is 0 Å². The van der Waals surface area contributed by atoms with Crippen LogP contribution in [0.5, 0.6) is 0 Å². The van der Waals surface area contributed by atoms with Gasteiger partial charge in [0.25, 0.3) is 0 Å². The van der Waals surface area contributed by atoms with Crippen LogP contribution in [-0.2, 0) is 19.1 Å². The highest BCUT2D eigenvalue weighted by molar-refractivity contribution is 5.99. The molecule has 0 aromatic rings. The van der Waals surface area contributed by atoms with E-state index in [1.807, 2.05) is 6.92 Å². The number of hydrogen-bond acceptors (Lipinski definition) is 4. The van der Waals surface area contributed by atoms with Crippen molar-refractivity contribution in [1.82, 2.24) is 0 Å². The third-order valence-corrected chi connectivity index (χ3v) is 8.57. The summed E-state index contributed by atoms with van der Waals surface area (Å²) in [5.74, 6) is 2.44. The molecular weight excluding hydrogens is 328 g/mol. The average Bonchev–Trinajstić information content (AvgIpc) is 3.39. The summed E-state index contributed by atoms with van der Waals surface area (Å²) >= 11 is 0. The second-order valence-electron chi connectivity index (χ2n) is 9.81. The first kappa shape index (κ1) is 18.3. The van der Waals surface area contributed by atoms with Gasteiger partial charge in [-0.1, -0.05) is 20.8 Å². The molecule has 4 rings (SSSR count). The predicted octanol–water partition coefficient (Wildman–Crippen LogP) is 4.36. The lowest BCUT2D eigenvalue weighted by Gasteiger charge is -2.34. The average molecular weight is 363 g/mol. The van der Waals surface area contributed by atoms with Gasteiger partial charge in [-0.25, -0.2) is 0 Å². The minimum Gasteiger partial charge on any atom is -0.461 e. The first-order chi connectivity index (χ1) is 12.3. The Morgan fingerprint density at radius 3 is 1.50 bits per heavy atom. The molecule has 0 aliphatic heterocycles. The van der Waals surface area contributed by atoms with E-state index in [9.17, 15) is 9.59 Å². The molecule has 0 heterocycles. The topological polar surface area (TPSA) is 52.6 Å². The number of rotatable bonds is 5. The van der Waals surface area contributed by atoms with Gasteiger partial charge >= 0.3 is 11.9 Å². The minimum absolute atomic E-state index is 0.0126. The van der Waals surface area contributed by atoms with Crippen LogP contribution in [0.1, 0.15) is 72.6 Å². The molecule has 4 bridgehead atoms. The van der Waals surface area contributed by atoms with Crippen LogP contribution in [0.3, 0.4) is 0 Å². The maximum atomic E-state index is 13.0.